The Morgan fingerprint density at radius 3 is 2.32 bits per heavy atom. The van der Waals surface area contributed by atoms with Gasteiger partial charge in [-0.05, 0) is 12.1 Å². The number of anilines is 1. The number of carbonyl (C=O) groups excluding carboxylic acids is 1. The summed E-state index contributed by atoms with van der Waals surface area (Å²) in [6, 6.07) is 4.91. The summed E-state index contributed by atoms with van der Waals surface area (Å²) in [5.74, 6) is 0.532. The minimum Gasteiger partial charge on any atom is -0.497 e. The van der Waals surface area contributed by atoms with E-state index in [4.69, 9.17) is 9.47 Å². The van der Waals surface area contributed by atoms with E-state index in [0.717, 1.165) is 8.61 Å². The van der Waals surface area contributed by atoms with Gasteiger partial charge in [-0.25, -0.2) is 0 Å². The summed E-state index contributed by atoms with van der Waals surface area (Å²) in [5.41, 5.74) is 0.434. The Labute approximate surface area is 130 Å². The zero-order valence-electron chi connectivity index (χ0n) is 13.3. The van der Waals surface area contributed by atoms with Crippen molar-refractivity contribution in [3.8, 4) is 11.5 Å². The second-order valence-electron chi connectivity index (χ2n) is 4.66. The van der Waals surface area contributed by atoms with E-state index in [9.17, 15) is 13.2 Å². The van der Waals surface area contributed by atoms with E-state index in [1.807, 2.05) is 0 Å². The molecule has 124 valence electrons. The number of hydrogen-bond donors (Lipinski definition) is 1. The van der Waals surface area contributed by atoms with E-state index in [-0.39, 0.29) is 6.54 Å². The van der Waals surface area contributed by atoms with Gasteiger partial charge in [-0.2, -0.15) is 17.0 Å². The van der Waals surface area contributed by atoms with Crippen LogP contribution in [0.4, 0.5) is 5.69 Å². The molecule has 0 bridgehead atoms. The number of carbonyl (C=O) groups is 1. The van der Waals surface area contributed by atoms with Crippen molar-refractivity contribution in [2.75, 3.05) is 47.2 Å². The van der Waals surface area contributed by atoms with Crippen LogP contribution < -0.4 is 14.8 Å². The first-order chi connectivity index (χ1) is 10.2. The van der Waals surface area contributed by atoms with Crippen LogP contribution >= 0.6 is 0 Å². The van der Waals surface area contributed by atoms with Crippen LogP contribution in [0.25, 0.3) is 0 Å². The summed E-state index contributed by atoms with van der Waals surface area (Å²) >= 11 is 0. The molecule has 0 aliphatic rings. The third-order valence-corrected chi connectivity index (χ3v) is 4.74. The predicted octanol–water partition coefficient (Wildman–Crippen LogP) is 0.381. The van der Waals surface area contributed by atoms with Crippen molar-refractivity contribution in [2.24, 2.45) is 0 Å². The minimum atomic E-state index is -3.64. The van der Waals surface area contributed by atoms with E-state index in [1.165, 1.54) is 35.4 Å². The van der Waals surface area contributed by atoms with E-state index in [1.54, 1.807) is 18.2 Å². The predicted molar refractivity (Wildman–Crippen MR) is 83.4 cm³/mol. The molecule has 0 aliphatic heterocycles. The molecule has 0 radical (unpaired) electrons. The highest BCUT2D eigenvalue weighted by atomic mass is 32.2. The van der Waals surface area contributed by atoms with Crippen molar-refractivity contribution < 1.29 is 22.7 Å². The first-order valence-electron chi connectivity index (χ1n) is 6.38. The summed E-state index contributed by atoms with van der Waals surface area (Å²) in [6.45, 7) is -0.310. The summed E-state index contributed by atoms with van der Waals surface area (Å²) in [5, 5.41) is 2.61. The van der Waals surface area contributed by atoms with Crippen LogP contribution in [0.5, 0.6) is 11.5 Å². The molecule has 1 amide bonds. The van der Waals surface area contributed by atoms with Crippen molar-refractivity contribution in [3.63, 3.8) is 0 Å². The normalized spacial score (nSPS) is 11.6. The smallest absolute Gasteiger partial charge is 0.281 e. The molecule has 0 aromatic heterocycles. The molecule has 0 saturated heterocycles. The lowest BCUT2D eigenvalue weighted by molar-refractivity contribution is -0.116. The topological polar surface area (TPSA) is 88.2 Å². The molecule has 0 heterocycles. The standard InChI is InChI=1S/C13H21N3O5S/c1-15(2)22(18,19)16(3)9-13(17)14-11-7-6-10(20-4)8-12(11)21-5/h6-8H,9H2,1-5H3,(H,14,17). The van der Waals surface area contributed by atoms with E-state index < -0.39 is 16.1 Å². The van der Waals surface area contributed by atoms with E-state index >= 15 is 0 Å². The fourth-order valence-electron chi connectivity index (χ4n) is 1.65. The highest BCUT2D eigenvalue weighted by Crippen LogP contribution is 2.28. The van der Waals surface area contributed by atoms with Gasteiger partial charge in [-0.1, -0.05) is 0 Å². The molecule has 1 aromatic carbocycles. The zero-order valence-corrected chi connectivity index (χ0v) is 14.1. The fourth-order valence-corrected chi connectivity index (χ4v) is 2.49. The summed E-state index contributed by atoms with van der Waals surface area (Å²) in [7, 11) is 3.48. The average molecular weight is 331 g/mol. The molecule has 0 unspecified atom stereocenters. The van der Waals surface area contributed by atoms with Gasteiger partial charge in [-0.15, -0.1) is 0 Å². The monoisotopic (exact) mass is 331 g/mol. The number of nitrogens with zero attached hydrogens (tertiary/aromatic N) is 2. The summed E-state index contributed by atoms with van der Waals surface area (Å²) < 4.78 is 35.9. The van der Waals surface area contributed by atoms with Gasteiger partial charge in [0.15, 0.2) is 0 Å². The zero-order chi connectivity index (χ0) is 16.9. The molecule has 0 fully saturated rings. The molecule has 0 aliphatic carbocycles. The molecule has 22 heavy (non-hydrogen) atoms. The van der Waals surface area contributed by atoms with Crippen LogP contribution in [0.1, 0.15) is 0 Å². The van der Waals surface area contributed by atoms with E-state index in [0.29, 0.717) is 17.2 Å². The van der Waals surface area contributed by atoms with Crippen LogP contribution in [0.2, 0.25) is 0 Å². The maximum Gasteiger partial charge on any atom is 0.281 e. The van der Waals surface area contributed by atoms with E-state index in [2.05, 4.69) is 5.32 Å². The molecule has 0 saturated carbocycles. The number of amides is 1. The van der Waals surface area contributed by atoms with Crippen molar-refractivity contribution in [2.45, 2.75) is 0 Å². The van der Waals surface area contributed by atoms with Gasteiger partial charge in [0.2, 0.25) is 5.91 Å². The molecule has 9 heteroatoms. The highest BCUT2D eigenvalue weighted by Gasteiger charge is 2.23. The van der Waals surface area contributed by atoms with Crippen molar-refractivity contribution in [1.82, 2.24) is 8.61 Å². The van der Waals surface area contributed by atoms with Gasteiger partial charge in [0.1, 0.15) is 11.5 Å². The lowest BCUT2D eigenvalue weighted by Crippen LogP contribution is -2.41. The van der Waals surface area contributed by atoms with Crippen LogP contribution in [0, 0.1) is 0 Å². The molecular formula is C13H21N3O5S. The molecule has 0 spiro atoms. The highest BCUT2D eigenvalue weighted by molar-refractivity contribution is 7.86. The third kappa shape index (κ3) is 4.33. The molecule has 0 atom stereocenters. The van der Waals surface area contributed by atoms with Crippen LogP contribution in [0.15, 0.2) is 18.2 Å². The number of ether oxygens (including phenoxy) is 2. The Bertz CT molecular complexity index is 631. The van der Waals surface area contributed by atoms with Crippen molar-refractivity contribution in [3.05, 3.63) is 18.2 Å². The van der Waals surface area contributed by atoms with Crippen molar-refractivity contribution in [1.29, 1.82) is 0 Å². The van der Waals surface area contributed by atoms with Crippen LogP contribution in [-0.4, -0.2) is 64.8 Å². The maximum atomic E-state index is 12.0. The van der Waals surface area contributed by atoms with Crippen LogP contribution in [-0.2, 0) is 15.0 Å². The molecule has 8 nitrogen and oxygen atoms in total. The Balaban J connectivity index is 2.82. The van der Waals surface area contributed by atoms with Gasteiger partial charge in [-0.3, -0.25) is 4.79 Å². The van der Waals surface area contributed by atoms with Gasteiger partial charge in [0.25, 0.3) is 10.2 Å². The number of hydrogen-bond acceptors (Lipinski definition) is 5. The first-order valence-corrected chi connectivity index (χ1v) is 7.77. The lowest BCUT2D eigenvalue weighted by atomic mass is 10.2. The molecular weight excluding hydrogens is 310 g/mol. The molecule has 1 N–H and O–H groups in total. The SMILES string of the molecule is COc1ccc(NC(=O)CN(C)S(=O)(=O)N(C)C)c(OC)c1. The Hall–Kier alpha value is -1.84. The molecule has 1 aromatic rings. The number of nitrogens with one attached hydrogen (secondary N) is 1. The number of methoxy groups -OCH3 is 2. The Morgan fingerprint density at radius 1 is 1.18 bits per heavy atom. The number of likely N-dealkylation sites (N-methyl/N-ethyl adjacent to an activating group) is 1. The average Bonchev–Trinajstić information content (AvgIpc) is 2.47. The van der Waals surface area contributed by atoms with Gasteiger partial charge >= 0.3 is 0 Å². The lowest BCUT2D eigenvalue weighted by Gasteiger charge is -2.21. The van der Waals surface area contributed by atoms with Gasteiger partial charge < -0.3 is 14.8 Å². The number of rotatable bonds is 7. The van der Waals surface area contributed by atoms with Gasteiger partial charge in [0.05, 0.1) is 26.5 Å². The van der Waals surface area contributed by atoms with Gasteiger partial charge in [0, 0.05) is 27.2 Å². The Morgan fingerprint density at radius 2 is 1.82 bits per heavy atom. The largest absolute Gasteiger partial charge is 0.497 e. The van der Waals surface area contributed by atoms with Crippen LogP contribution in [0.3, 0.4) is 0 Å². The summed E-state index contributed by atoms with van der Waals surface area (Å²) in [4.78, 5) is 12.0. The number of benzene rings is 1. The van der Waals surface area contributed by atoms with Crippen molar-refractivity contribution >= 4 is 21.8 Å². The maximum absolute atomic E-state index is 12.0. The molecule has 1 rings (SSSR count). The second kappa shape index (κ2) is 7.43. The Kier molecular flexibility index (Phi) is 6.15. The second-order valence-corrected chi connectivity index (χ2v) is 6.91. The summed E-state index contributed by atoms with van der Waals surface area (Å²) in [6.07, 6.45) is 0. The third-order valence-electron chi connectivity index (χ3n) is 2.90. The quantitative estimate of drug-likeness (QED) is 0.780. The minimum absolute atomic E-state index is 0.310. The first kappa shape index (κ1) is 18.2. The fraction of sp³-hybridized carbons (Fsp3) is 0.462.